The monoisotopic (exact) mass is 746 g/mol. The van der Waals surface area contributed by atoms with Gasteiger partial charge in [-0.25, -0.2) is 15.0 Å². The molecule has 4 fully saturated rings. The smallest absolute Gasteiger partial charge is 0.164 e. The summed E-state index contributed by atoms with van der Waals surface area (Å²) in [5.41, 5.74) is 11.8. The van der Waals surface area contributed by atoms with Crippen LogP contribution in [0, 0.1) is 23.2 Å². The Balaban J connectivity index is 0.910. The summed E-state index contributed by atoms with van der Waals surface area (Å²) in [6.45, 7) is 0. The lowest BCUT2D eigenvalue weighted by molar-refractivity contribution is -0.0281. The molecule has 4 bridgehead atoms. The predicted molar refractivity (Wildman–Crippen MR) is 234 cm³/mol. The van der Waals surface area contributed by atoms with Crippen LogP contribution < -0.4 is 0 Å². The van der Waals surface area contributed by atoms with Crippen molar-refractivity contribution < 1.29 is 0 Å². The maximum atomic E-state index is 9.55. The van der Waals surface area contributed by atoms with Crippen molar-refractivity contribution in [2.75, 3.05) is 0 Å². The van der Waals surface area contributed by atoms with Crippen LogP contribution in [0.5, 0.6) is 0 Å². The Kier molecular flexibility index (Phi) is 8.19. The van der Waals surface area contributed by atoms with Crippen molar-refractivity contribution >= 4 is 10.8 Å². The van der Waals surface area contributed by atoms with E-state index in [-0.39, 0.29) is 10.8 Å². The predicted octanol–water partition coefficient (Wildman–Crippen LogP) is 13.0. The van der Waals surface area contributed by atoms with Crippen LogP contribution in [-0.2, 0) is 10.8 Å². The lowest BCUT2D eigenvalue weighted by Gasteiger charge is -2.63. The zero-order valence-electron chi connectivity index (χ0n) is 32.4. The molecule has 0 spiro atoms. The first kappa shape index (κ1) is 34.5. The van der Waals surface area contributed by atoms with Crippen LogP contribution >= 0.6 is 0 Å². The molecular weight excluding hydrogens is 705 g/mol. The molecule has 12 rings (SSSR count). The Labute approximate surface area is 340 Å². The Morgan fingerprint density at radius 3 is 1.67 bits per heavy atom. The van der Waals surface area contributed by atoms with E-state index < -0.39 is 0 Å². The number of nitriles is 1. The zero-order valence-corrected chi connectivity index (χ0v) is 32.4. The first-order valence-corrected chi connectivity index (χ1v) is 20.7. The van der Waals surface area contributed by atoms with E-state index in [1.807, 2.05) is 78.9 Å². The second kappa shape index (κ2) is 13.7. The minimum Gasteiger partial charge on any atom is -0.208 e. The molecule has 278 valence electrons. The van der Waals surface area contributed by atoms with Gasteiger partial charge in [-0.05, 0) is 124 Å². The maximum Gasteiger partial charge on any atom is 0.164 e. The average molecular weight is 747 g/mol. The highest BCUT2D eigenvalue weighted by Gasteiger charge is 2.58. The lowest BCUT2D eigenvalue weighted by atomic mass is 9.41. The van der Waals surface area contributed by atoms with Gasteiger partial charge >= 0.3 is 0 Å². The van der Waals surface area contributed by atoms with Gasteiger partial charge in [0.05, 0.1) is 11.6 Å². The largest absolute Gasteiger partial charge is 0.208 e. The normalized spacial score (nSPS) is 21.8. The molecule has 0 N–H and O–H groups in total. The van der Waals surface area contributed by atoms with Crippen LogP contribution in [0.4, 0.5) is 0 Å². The molecule has 0 radical (unpaired) electrons. The van der Waals surface area contributed by atoms with Gasteiger partial charge < -0.3 is 0 Å². The summed E-state index contributed by atoms with van der Waals surface area (Å²) in [5, 5.41) is 11.8. The highest BCUT2D eigenvalue weighted by molar-refractivity contribution is 5.97. The van der Waals surface area contributed by atoms with Crippen LogP contribution in [0.25, 0.3) is 67.2 Å². The van der Waals surface area contributed by atoms with Gasteiger partial charge in [-0.1, -0.05) is 152 Å². The third-order valence-electron chi connectivity index (χ3n) is 13.5. The van der Waals surface area contributed by atoms with E-state index in [2.05, 4.69) is 97.1 Å². The molecule has 4 nitrogen and oxygen atoms in total. The Morgan fingerprint density at radius 2 is 1.00 bits per heavy atom. The van der Waals surface area contributed by atoms with Crippen molar-refractivity contribution in [2.45, 2.75) is 49.4 Å². The fourth-order valence-corrected chi connectivity index (χ4v) is 11.3. The summed E-state index contributed by atoms with van der Waals surface area (Å²) in [6, 6.07) is 62.8. The van der Waals surface area contributed by atoms with Crippen molar-refractivity contribution in [1.29, 1.82) is 5.26 Å². The van der Waals surface area contributed by atoms with Gasteiger partial charge in [-0.15, -0.1) is 0 Å². The van der Waals surface area contributed by atoms with Gasteiger partial charge in [0.2, 0.25) is 0 Å². The van der Waals surface area contributed by atoms with Gasteiger partial charge in [0.15, 0.2) is 17.5 Å². The average Bonchev–Trinajstić information content (AvgIpc) is 3.29. The molecule has 8 aromatic rings. The topological polar surface area (TPSA) is 62.5 Å². The third-order valence-corrected chi connectivity index (χ3v) is 13.5. The zero-order chi connectivity index (χ0) is 38.7. The molecule has 2 unspecified atom stereocenters. The molecule has 1 aromatic heterocycles. The lowest BCUT2D eigenvalue weighted by Crippen LogP contribution is -2.55. The molecule has 7 aromatic carbocycles. The van der Waals surface area contributed by atoms with E-state index in [1.165, 1.54) is 66.3 Å². The maximum absolute atomic E-state index is 9.55. The summed E-state index contributed by atoms with van der Waals surface area (Å²) in [4.78, 5) is 15.0. The molecule has 4 heteroatoms. The van der Waals surface area contributed by atoms with E-state index in [0.29, 0.717) is 23.0 Å². The summed E-state index contributed by atoms with van der Waals surface area (Å²) in [7, 11) is 0. The van der Waals surface area contributed by atoms with Crippen LogP contribution in [0.3, 0.4) is 0 Å². The minimum atomic E-state index is 0.198. The molecule has 4 aliphatic carbocycles. The van der Waals surface area contributed by atoms with E-state index in [0.717, 1.165) is 44.9 Å². The molecule has 2 atom stereocenters. The van der Waals surface area contributed by atoms with Crippen LogP contribution in [-0.4, -0.2) is 15.0 Å². The molecule has 0 aliphatic heterocycles. The van der Waals surface area contributed by atoms with E-state index >= 15 is 0 Å². The van der Waals surface area contributed by atoms with Crippen LogP contribution in [0.2, 0.25) is 0 Å². The summed E-state index contributed by atoms with van der Waals surface area (Å²) in [5.74, 6) is 3.53. The number of fused-ring (bicyclic) bond motifs is 1. The van der Waals surface area contributed by atoms with E-state index in [1.54, 1.807) is 0 Å². The van der Waals surface area contributed by atoms with E-state index in [4.69, 9.17) is 15.0 Å². The quantitative estimate of drug-likeness (QED) is 0.163. The second-order valence-corrected chi connectivity index (χ2v) is 17.2. The number of benzene rings is 7. The van der Waals surface area contributed by atoms with Gasteiger partial charge in [0, 0.05) is 16.7 Å². The second-order valence-electron chi connectivity index (χ2n) is 17.2. The van der Waals surface area contributed by atoms with Crippen molar-refractivity contribution in [3.8, 4) is 62.5 Å². The third kappa shape index (κ3) is 6.01. The fourth-order valence-electron chi connectivity index (χ4n) is 11.3. The Bertz CT molecular complexity index is 2800. The number of nitrogens with zero attached hydrogens (tertiary/aromatic N) is 4. The number of hydrogen-bond donors (Lipinski definition) is 0. The first-order chi connectivity index (χ1) is 28.5. The van der Waals surface area contributed by atoms with Crippen LogP contribution in [0.1, 0.15) is 55.2 Å². The summed E-state index contributed by atoms with van der Waals surface area (Å²) >= 11 is 0. The molecule has 58 heavy (non-hydrogen) atoms. The van der Waals surface area contributed by atoms with Crippen molar-refractivity contribution in [2.24, 2.45) is 11.8 Å². The molecule has 0 amide bonds. The Morgan fingerprint density at radius 1 is 0.448 bits per heavy atom. The van der Waals surface area contributed by atoms with Gasteiger partial charge in [0.1, 0.15) is 0 Å². The summed E-state index contributed by atoms with van der Waals surface area (Å²) in [6.07, 6.45) is 7.74. The van der Waals surface area contributed by atoms with Crippen molar-refractivity contribution in [1.82, 2.24) is 15.0 Å². The van der Waals surface area contributed by atoms with Gasteiger partial charge in [-0.2, -0.15) is 5.26 Å². The SMILES string of the molecule is N#Cc1cccc(-c2cccc(C34CC5CC(CC(c6ccc(-c7ccc8c(-c9nc(-c%10ccccc%10)nc(-c%10ccccc%10)n9)cccc8c7)cc6)(C5)C3)C4)c2)c1. The number of aromatic nitrogens is 3. The molecule has 1 heterocycles. The molecule has 4 aliphatic rings. The minimum absolute atomic E-state index is 0.198. The fraction of sp³-hybridized carbons (Fsp3) is 0.185. The standard InChI is InChI=1S/C54H42N4/c55-34-36-10-7-15-42(27-36)43-16-8-18-47(29-43)54-32-37-26-38(33-54)31-53(30-37,35-54)46-23-20-39(21-24-46)44-22-25-48-45(28-44)17-9-19-49(48)52-57-50(40-11-3-1-4-12-40)56-51(58-52)41-13-5-2-6-14-41/h1-25,27-29,37-38H,26,30-33,35H2. The molecule has 0 saturated heterocycles. The van der Waals surface area contributed by atoms with Crippen LogP contribution in [0.15, 0.2) is 170 Å². The Hall–Kier alpha value is -6.70. The molecular formula is C54H42N4. The number of hydrogen-bond acceptors (Lipinski definition) is 4. The van der Waals surface area contributed by atoms with Crippen molar-refractivity contribution in [3.05, 3.63) is 187 Å². The highest BCUT2D eigenvalue weighted by Crippen LogP contribution is 2.66. The van der Waals surface area contributed by atoms with Crippen molar-refractivity contribution in [3.63, 3.8) is 0 Å². The number of rotatable bonds is 7. The molecule has 4 saturated carbocycles. The van der Waals surface area contributed by atoms with E-state index in [9.17, 15) is 5.26 Å². The van der Waals surface area contributed by atoms with Gasteiger partial charge in [-0.3, -0.25) is 0 Å². The van der Waals surface area contributed by atoms with Gasteiger partial charge in [0.25, 0.3) is 0 Å². The first-order valence-electron chi connectivity index (χ1n) is 20.7. The summed E-state index contributed by atoms with van der Waals surface area (Å²) < 4.78 is 0. The highest BCUT2D eigenvalue weighted by atomic mass is 15.0.